The maximum absolute atomic E-state index is 13.0. The third kappa shape index (κ3) is 3.37. The molecule has 8 heteroatoms. The summed E-state index contributed by atoms with van der Waals surface area (Å²) in [7, 11) is 2.92. The van der Waals surface area contributed by atoms with E-state index < -0.39 is 11.7 Å². The predicted molar refractivity (Wildman–Crippen MR) is 89.6 cm³/mol. The van der Waals surface area contributed by atoms with Gasteiger partial charge in [-0.2, -0.15) is 13.2 Å². The third-order valence-electron chi connectivity index (χ3n) is 5.29. The van der Waals surface area contributed by atoms with E-state index in [2.05, 4.69) is 0 Å². The Labute approximate surface area is 148 Å². The van der Waals surface area contributed by atoms with Crippen molar-refractivity contribution >= 4 is 17.0 Å². The van der Waals surface area contributed by atoms with E-state index in [1.165, 1.54) is 22.3 Å². The molecule has 26 heavy (non-hydrogen) atoms. The topological polar surface area (TPSA) is 53.2 Å². The molecule has 0 N–H and O–H groups in total. The lowest BCUT2D eigenvalue weighted by Crippen LogP contribution is -2.29. The number of benzene rings is 1. The molecule has 0 bridgehead atoms. The summed E-state index contributed by atoms with van der Waals surface area (Å²) in [4.78, 5) is 24.1. The molecule has 0 amide bonds. The van der Waals surface area contributed by atoms with Gasteiger partial charge < -0.3 is 4.74 Å². The number of aryl methyl sites for hydroxylation is 1. The smallest absolute Gasteiger partial charge is 0.416 e. The highest BCUT2D eigenvalue weighted by atomic mass is 19.4. The summed E-state index contributed by atoms with van der Waals surface area (Å²) in [6.07, 6.45) is -1.64. The second-order valence-corrected chi connectivity index (χ2v) is 6.89. The van der Waals surface area contributed by atoms with E-state index in [1.807, 2.05) is 0 Å². The Bertz CT molecular complexity index is 874. The lowest BCUT2D eigenvalue weighted by molar-refractivity contribution is -0.146. The number of fused-ring (bicyclic) bond motifs is 1. The maximum Gasteiger partial charge on any atom is 0.416 e. The first-order chi connectivity index (χ1) is 12.2. The van der Waals surface area contributed by atoms with Crippen molar-refractivity contribution in [3.63, 3.8) is 0 Å². The van der Waals surface area contributed by atoms with Crippen molar-refractivity contribution in [2.75, 3.05) is 7.11 Å². The number of aromatic nitrogens is 2. The fraction of sp³-hybridized carbons (Fsp3) is 0.556. The lowest BCUT2D eigenvalue weighted by atomic mass is 9.82. The van der Waals surface area contributed by atoms with E-state index in [1.54, 1.807) is 7.05 Å². The second-order valence-electron chi connectivity index (χ2n) is 6.89. The molecule has 1 aromatic carbocycles. The van der Waals surface area contributed by atoms with Crippen molar-refractivity contribution in [3.05, 3.63) is 34.2 Å². The van der Waals surface area contributed by atoms with Crippen LogP contribution in [0.4, 0.5) is 13.2 Å². The number of carbonyl (C=O) groups excluding carboxylic acids is 1. The summed E-state index contributed by atoms with van der Waals surface area (Å²) in [5, 5.41) is 0. The first kappa shape index (κ1) is 18.5. The van der Waals surface area contributed by atoms with Crippen molar-refractivity contribution in [2.45, 2.75) is 38.4 Å². The van der Waals surface area contributed by atoms with Gasteiger partial charge in [-0.25, -0.2) is 4.79 Å². The molecule has 1 heterocycles. The molecular weight excluding hydrogens is 349 g/mol. The van der Waals surface area contributed by atoms with Crippen LogP contribution in [0.25, 0.3) is 11.0 Å². The monoisotopic (exact) mass is 370 g/mol. The molecule has 1 saturated carbocycles. The minimum Gasteiger partial charge on any atom is -0.469 e. The van der Waals surface area contributed by atoms with Crippen molar-refractivity contribution in [1.82, 2.24) is 9.13 Å². The zero-order chi connectivity index (χ0) is 19.1. The number of ether oxygens (including phenoxy) is 1. The van der Waals surface area contributed by atoms with E-state index in [-0.39, 0.29) is 23.5 Å². The Morgan fingerprint density at radius 3 is 2.42 bits per heavy atom. The van der Waals surface area contributed by atoms with Crippen LogP contribution in [0.3, 0.4) is 0 Å². The number of hydrogen-bond donors (Lipinski definition) is 0. The van der Waals surface area contributed by atoms with Gasteiger partial charge >= 0.3 is 17.8 Å². The number of alkyl halides is 3. The minimum atomic E-state index is -4.45. The Morgan fingerprint density at radius 2 is 1.85 bits per heavy atom. The summed E-state index contributed by atoms with van der Waals surface area (Å²) >= 11 is 0. The average molecular weight is 370 g/mol. The maximum atomic E-state index is 13.0. The van der Waals surface area contributed by atoms with Gasteiger partial charge in [-0.1, -0.05) is 0 Å². The zero-order valence-corrected chi connectivity index (χ0v) is 14.7. The zero-order valence-electron chi connectivity index (χ0n) is 14.7. The van der Waals surface area contributed by atoms with Gasteiger partial charge in [-0.15, -0.1) is 0 Å². The number of nitrogens with zero attached hydrogens (tertiary/aromatic N) is 2. The lowest BCUT2D eigenvalue weighted by Gasteiger charge is -2.27. The third-order valence-corrected chi connectivity index (χ3v) is 5.29. The summed E-state index contributed by atoms with van der Waals surface area (Å²) in [6, 6.07) is 3.37. The first-order valence-electron chi connectivity index (χ1n) is 8.56. The summed E-state index contributed by atoms with van der Waals surface area (Å²) in [5.41, 5.74) is -0.318. The molecule has 3 rings (SSSR count). The molecule has 0 radical (unpaired) electrons. The quantitative estimate of drug-likeness (QED) is 0.779. The number of halogens is 3. The van der Waals surface area contributed by atoms with Gasteiger partial charge in [0.15, 0.2) is 0 Å². The molecule has 0 unspecified atom stereocenters. The van der Waals surface area contributed by atoms with Gasteiger partial charge in [-0.3, -0.25) is 13.9 Å². The van der Waals surface area contributed by atoms with Crippen LogP contribution in [0, 0.1) is 11.8 Å². The Hall–Kier alpha value is -2.25. The molecule has 0 saturated heterocycles. The minimum absolute atomic E-state index is 0.127. The van der Waals surface area contributed by atoms with Gasteiger partial charge in [0, 0.05) is 13.6 Å². The normalized spacial score (nSPS) is 21.1. The van der Waals surface area contributed by atoms with E-state index in [0.29, 0.717) is 30.4 Å². The van der Waals surface area contributed by atoms with Crippen LogP contribution in [0.1, 0.15) is 31.2 Å². The van der Waals surface area contributed by atoms with Crippen molar-refractivity contribution in [1.29, 1.82) is 0 Å². The number of carbonyl (C=O) groups is 1. The number of rotatable bonds is 3. The van der Waals surface area contributed by atoms with Gasteiger partial charge in [0.1, 0.15) is 0 Å². The van der Waals surface area contributed by atoms with Crippen LogP contribution < -0.4 is 5.69 Å². The van der Waals surface area contributed by atoms with Crippen molar-refractivity contribution in [2.24, 2.45) is 18.9 Å². The predicted octanol–water partition coefficient (Wildman–Crippen LogP) is 3.34. The molecule has 142 valence electrons. The number of imidazole rings is 1. The highest BCUT2D eigenvalue weighted by molar-refractivity contribution is 5.77. The molecule has 0 atom stereocenters. The van der Waals surface area contributed by atoms with Crippen LogP contribution in [-0.4, -0.2) is 22.2 Å². The standard InChI is InChI=1S/C18H21F3N2O3/c1-22-14-8-7-13(18(19,20)21)9-15(14)23(17(22)25)10-11-3-5-12(6-4-11)16(24)26-2/h7-9,11-12H,3-6,10H2,1-2H3. The Balaban J connectivity index is 1.87. The SMILES string of the molecule is COC(=O)C1CCC(Cn2c(=O)n(C)c3ccc(C(F)(F)F)cc32)CC1. The van der Waals surface area contributed by atoms with Crippen LogP contribution in [0.15, 0.2) is 23.0 Å². The average Bonchev–Trinajstić information content (AvgIpc) is 2.85. The van der Waals surface area contributed by atoms with E-state index in [9.17, 15) is 22.8 Å². The molecule has 5 nitrogen and oxygen atoms in total. The molecule has 1 aliphatic carbocycles. The molecule has 2 aromatic rings. The fourth-order valence-corrected chi connectivity index (χ4v) is 3.77. The molecule has 1 aliphatic rings. The van der Waals surface area contributed by atoms with Crippen LogP contribution >= 0.6 is 0 Å². The molecular formula is C18H21F3N2O3. The van der Waals surface area contributed by atoms with Gasteiger partial charge in [0.2, 0.25) is 0 Å². The summed E-state index contributed by atoms with van der Waals surface area (Å²) in [5.74, 6) is -0.202. The van der Waals surface area contributed by atoms with Gasteiger partial charge in [-0.05, 0) is 49.8 Å². The van der Waals surface area contributed by atoms with Crippen molar-refractivity contribution in [3.8, 4) is 0 Å². The first-order valence-corrected chi connectivity index (χ1v) is 8.56. The van der Waals surface area contributed by atoms with Crippen LogP contribution in [0.2, 0.25) is 0 Å². The largest absolute Gasteiger partial charge is 0.469 e. The van der Waals surface area contributed by atoms with Gasteiger partial charge in [0.05, 0.1) is 29.6 Å². The molecule has 1 aromatic heterocycles. The molecule has 0 aliphatic heterocycles. The Morgan fingerprint density at radius 1 is 1.19 bits per heavy atom. The van der Waals surface area contributed by atoms with E-state index in [0.717, 1.165) is 25.0 Å². The number of hydrogen-bond acceptors (Lipinski definition) is 3. The Kier molecular flexibility index (Phi) is 4.86. The number of esters is 1. The highest BCUT2D eigenvalue weighted by Gasteiger charge is 2.32. The van der Waals surface area contributed by atoms with Crippen LogP contribution in [-0.2, 0) is 29.3 Å². The second kappa shape index (κ2) is 6.81. The van der Waals surface area contributed by atoms with Gasteiger partial charge in [0.25, 0.3) is 0 Å². The highest BCUT2D eigenvalue weighted by Crippen LogP contribution is 2.33. The van der Waals surface area contributed by atoms with Crippen LogP contribution in [0.5, 0.6) is 0 Å². The summed E-state index contributed by atoms with van der Waals surface area (Å²) < 4.78 is 46.6. The van der Waals surface area contributed by atoms with Crippen molar-refractivity contribution < 1.29 is 22.7 Å². The fourth-order valence-electron chi connectivity index (χ4n) is 3.77. The summed E-state index contributed by atoms with van der Waals surface area (Å²) in [6.45, 7) is 0.353. The van der Waals surface area contributed by atoms with E-state index in [4.69, 9.17) is 4.74 Å². The molecule has 0 spiro atoms. The molecule has 1 fully saturated rings. The van der Waals surface area contributed by atoms with E-state index >= 15 is 0 Å². The number of methoxy groups -OCH3 is 1.